The van der Waals surface area contributed by atoms with Crippen molar-refractivity contribution in [3.8, 4) is 5.75 Å². The molecule has 2 aliphatic heterocycles. The van der Waals surface area contributed by atoms with Gasteiger partial charge in [0.2, 0.25) is 15.9 Å². The highest BCUT2D eigenvalue weighted by Crippen LogP contribution is 2.28. The monoisotopic (exact) mass is 404 g/mol. The highest BCUT2D eigenvalue weighted by molar-refractivity contribution is 7.89. The third-order valence-corrected chi connectivity index (χ3v) is 7.16. The van der Waals surface area contributed by atoms with Crippen LogP contribution in [-0.4, -0.2) is 56.3 Å². The molecule has 8 heteroatoms. The molecule has 0 radical (unpaired) electrons. The van der Waals surface area contributed by atoms with E-state index in [0.717, 1.165) is 17.4 Å². The zero-order valence-corrected chi connectivity index (χ0v) is 16.1. The molecule has 0 aliphatic carbocycles. The molecule has 2 aliphatic rings. The van der Waals surface area contributed by atoms with E-state index in [9.17, 15) is 17.6 Å². The van der Waals surface area contributed by atoms with E-state index in [1.165, 1.54) is 22.5 Å². The van der Waals surface area contributed by atoms with E-state index in [0.29, 0.717) is 13.0 Å². The fraction of sp³-hybridized carbons (Fsp3) is 0.350. The second-order valence-electron chi connectivity index (χ2n) is 6.98. The average molecular weight is 404 g/mol. The number of ether oxygens (including phenoxy) is 1. The summed E-state index contributed by atoms with van der Waals surface area (Å²) in [6, 6.07) is 13.0. The number of rotatable bonds is 3. The molecule has 1 amide bonds. The van der Waals surface area contributed by atoms with Crippen molar-refractivity contribution in [1.29, 1.82) is 0 Å². The lowest BCUT2D eigenvalue weighted by molar-refractivity contribution is -0.138. The van der Waals surface area contributed by atoms with Crippen molar-refractivity contribution < 1.29 is 22.3 Å². The van der Waals surface area contributed by atoms with Gasteiger partial charge in [0.05, 0.1) is 5.92 Å². The van der Waals surface area contributed by atoms with Crippen LogP contribution >= 0.6 is 0 Å². The van der Waals surface area contributed by atoms with Crippen LogP contribution in [0.4, 0.5) is 4.39 Å². The van der Waals surface area contributed by atoms with Gasteiger partial charge in [-0.25, -0.2) is 12.8 Å². The number of carbonyl (C=O) groups is 1. The molecule has 1 fully saturated rings. The van der Waals surface area contributed by atoms with E-state index in [4.69, 9.17) is 4.74 Å². The summed E-state index contributed by atoms with van der Waals surface area (Å²) in [5.41, 5.74) is 1.01. The molecular weight excluding hydrogens is 383 g/mol. The second-order valence-corrected chi connectivity index (χ2v) is 8.89. The fourth-order valence-corrected chi connectivity index (χ4v) is 5.17. The van der Waals surface area contributed by atoms with Gasteiger partial charge in [-0.15, -0.1) is 0 Å². The summed E-state index contributed by atoms with van der Waals surface area (Å²) in [6.45, 7) is 1.18. The van der Waals surface area contributed by atoms with Crippen LogP contribution in [-0.2, 0) is 21.2 Å². The van der Waals surface area contributed by atoms with Gasteiger partial charge in [-0.2, -0.15) is 4.31 Å². The lowest BCUT2D eigenvalue weighted by atomic mass is 9.95. The lowest BCUT2D eigenvalue weighted by Gasteiger charge is -2.36. The normalized spacial score (nSPS) is 20.3. The molecule has 1 atom stereocenters. The molecule has 28 heavy (non-hydrogen) atoms. The minimum absolute atomic E-state index is 0.0301. The molecule has 0 N–H and O–H groups in total. The Hall–Kier alpha value is -2.45. The van der Waals surface area contributed by atoms with Gasteiger partial charge in [0.25, 0.3) is 0 Å². The van der Waals surface area contributed by atoms with Crippen LogP contribution in [0.3, 0.4) is 0 Å². The van der Waals surface area contributed by atoms with E-state index in [1.54, 1.807) is 4.90 Å². The van der Waals surface area contributed by atoms with Crippen LogP contribution in [0.2, 0.25) is 0 Å². The van der Waals surface area contributed by atoms with E-state index < -0.39 is 15.8 Å². The molecule has 2 aromatic carbocycles. The molecule has 2 aromatic rings. The number of fused-ring (bicyclic) bond motifs is 1. The summed E-state index contributed by atoms with van der Waals surface area (Å²) >= 11 is 0. The first-order chi connectivity index (χ1) is 13.5. The first-order valence-electron chi connectivity index (χ1n) is 9.21. The molecular formula is C20H21FN2O4S. The second kappa shape index (κ2) is 7.52. The molecule has 1 saturated heterocycles. The van der Waals surface area contributed by atoms with Crippen LogP contribution in [0.15, 0.2) is 53.4 Å². The number of para-hydroxylation sites is 1. The maximum Gasteiger partial charge on any atom is 0.246 e. The van der Waals surface area contributed by atoms with Crippen molar-refractivity contribution in [3.63, 3.8) is 0 Å². The maximum atomic E-state index is 13.9. The zero-order valence-electron chi connectivity index (χ0n) is 15.3. The SMILES string of the molecule is O=C([C@H]1COc2ccccc2C1)N1CCN(S(=O)(=O)c2ccccc2F)CC1. The standard InChI is InChI=1S/C20H21FN2O4S/c21-17-6-2-4-8-19(17)28(25,26)23-11-9-22(10-12-23)20(24)16-13-15-5-1-3-7-18(15)27-14-16/h1-8,16H,9-14H2/t16-/m1/s1. The van der Waals surface area contributed by atoms with Gasteiger partial charge in [-0.1, -0.05) is 30.3 Å². The van der Waals surface area contributed by atoms with Crippen LogP contribution in [0, 0.1) is 11.7 Å². The zero-order chi connectivity index (χ0) is 19.7. The topological polar surface area (TPSA) is 66.9 Å². The van der Waals surface area contributed by atoms with Crippen LogP contribution in [0.5, 0.6) is 5.75 Å². The van der Waals surface area contributed by atoms with Crippen molar-refractivity contribution >= 4 is 15.9 Å². The minimum atomic E-state index is -3.91. The van der Waals surface area contributed by atoms with Gasteiger partial charge in [0.15, 0.2) is 0 Å². The Morgan fingerprint density at radius 1 is 1.00 bits per heavy atom. The summed E-state index contributed by atoms with van der Waals surface area (Å²) in [4.78, 5) is 14.2. The van der Waals surface area contributed by atoms with Crippen molar-refractivity contribution in [1.82, 2.24) is 9.21 Å². The van der Waals surface area contributed by atoms with Crippen LogP contribution in [0.25, 0.3) is 0 Å². The Morgan fingerprint density at radius 2 is 1.68 bits per heavy atom. The quantitative estimate of drug-likeness (QED) is 0.784. The third-order valence-electron chi connectivity index (χ3n) is 5.23. The number of piperazine rings is 1. The Bertz CT molecular complexity index is 987. The summed E-state index contributed by atoms with van der Waals surface area (Å²) in [5.74, 6) is -0.256. The highest BCUT2D eigenvalue weighted by Gasteiger charge is 2.35. The Balaban J connectivity index is 1.41. The minimum Gasteiger partial charge on any atom is -0.492 e. The van der Waals surface area contributed by atoms with Gasteiger partial charge in [-0.3, -0.25) is 4.79 Å². The predicted octanol–water partition coefficient (Wildman–Crippen LogP) is 1.91. The number of nitrogens with zero attached hydrogens (tertiary/aromatic N) is 2. The largest absolute Gasteiger partial charge is 0.492 e. The number of benzene rings is 2. The van der Waals surface area contributed by atoms with Crippen LogP contribution < -0.4 is 4.74 Å². The summed E-state index contributed by atoms with van der Waals surface area (Å²) < 4.78 is 46.2. The maximum absolute atomic E-state index is 13.9. The molecule has 2 heterocycles. The van der Waals surface area contributed by atoms with E-state index in [1.807, 2.05) is 24.3 Å². The number of hydrogen-bond acceptors (Lipinski definition) is 4. The van der Waals surface area contributed by atoms with Crippen molar-refractivity contribution in [2.45, 2.75) is 11.3 Å². The van der Waals surface area contributed by atoms with Gasteiger partial charge >= 0.3 is 0 Å². The predicted molar refractivity (Wildman–Crippen MR) is 101 cm³/mol. The van der Waals surface area contributed by atoms with Crippen molar-refractivity contribution in [2.24, 2.45) is 5.92 Å². The molecule has 0 aromatic heterocycles. The Kier molecular flexibility index (Phi) is 5.07. The first-order valence-corrected chi connectivity index (χ1v) is 10.6. The summed E-state index contributed by atoms with van der Waals surface area (Å²) in [5, 5.41) is 0. The average Bonchev–Trinajstić information content (AvgIpc) is 2.73. The van der Waals surface area contributed by atoms with E-state index >= 15 is 0 Å². The van der Waals surface area contributed by atoms with Gasteiger partial charge in [0, 0.05) is 26.2 Å². The summed E-state index contributed by atoms with van der Waals surface area (Å²) in [7, 11) is -3.91. The van der Waals surface area contributed by atoms with Crippen molar-refractivity contribution in [3.05, 3.63) is 59.9 Å². The highest BCUT2D eigenvalue weighted by atomic mass is 32.2. The van der Waals surface area contributed by atoms with E-state index in [2.05, 4.69) is 0 Å². The smallest absolute Gasteiger partial charge is 0.246 e. The fourth-order valence-electron chi connectivity index (χ4n) is 3.69. The van der Waals surface area contributed by atoms with Crippen molar-refractivity contribution in [2.75, 3.05) is 32.8 Å². The molecule has 4 rings (SSSR count). The number of amides is 1. The van der Waals surface area contributed by atoms with E-state index in [-0.39, 0.29) is 42.9 Å². The molecule has 0 saturated carbocycles. The third kappa shape index (κ3) is 3.49. The number of hydrogen-bond donors (Lipinski definition) is 0. The molecule has 0 spiro atoms. The summed E-state index contributed by atoms with van der Waals surface area (Å²) in [6.07, 6.45) is 0.614. The first kappa shape index (κ1) is 18.9. The number of sulfonamides is 1. The van der Waals surface area contributed by atoms with Gasteiger partial charge in [-0.05, 0) is 30.2 Å². The number of halogens is 1. The lowest BCUT2D eigenvalue weighted by Crippen LogP contribution is -2.53. The Labute approximate surface area is 163 Å². The van der Waals surface area contributed by atoms with Gasteiger partial charge in [0.1, 0.15) is 23.1 Å². The molecule has 0 unspecified atom stereocenters. The molecule has 0 bridgehead atoms. The van der Waals surface area contributed by atoms with Gasteiger partial charge < -0.3 is 9.64 Å². The Morgan fingerprint density at radius 3 is 2.43 bits per heavy atom. The molecule has 6 nitrogen and oxygen atoms in total. The van der Waals surface area contributed by atoms with Crippen LogP contribution in [0.1, 0.15) is 5.56 Å². The molecule has 148 valence electrons. The number of carbonyl (C=O) groups excluding carboxylic acids is 1.